The molecule has 0 saturated carbocycles. The first kappa shape index (κ1) is 16.4. The van der Waals surface area contributed by atoms with Crippen LogP contribution in [-0.4, -0.2) is 63.8 Å². The van der Waals surface area contributed by atoms with Gasteiger partial charge in [0.15, 0.2) is 0 Å². The summed E-state index contributed by atoms with van der Waals surface area (Å²) in [5, 5.41) is 6.13. The molecule has 1 aliphatic rings. The van der Waals surface area contributed by atoms with Crippen LogP contribution in [0.25, 0.3) is 0 Å². The third-order valence-corrected chi connectivity index (χ3v) is 3.74. The lowest BCUT2D eigenvalue weighted by Crippen LogP contribution is -2.46. The summed E-state index contributed by atoms with van der Waals surface area (Å²) in [6.07, 6.45) is 5.46. The standard InChI is InChI=1S/C14H29N3O2/c1-15-14(18)7-5-10-17-9-4-3-6-13(17)12-16-8-11-19-2/h13,16H,3-12H2,1-2H3,(H,15,18). The van der Waals surface area contributed by atoms with Gasteiger partial charge in [0, 0.05) is 39.7 Å². The fourth-order valence-electron chi connectivity index (χ4n) is 2.60. The van der Waals surface area contributed by atoms with Crippen LogP contribution < -0.4 is 10.6 Å². The lowest BCUT2D eigenvalue weighted by molar-refractivity contribution is -0.120. The molecule has 5 heteroatoms. The van der Waals surface area contributed by atoms with E-state index in [1.54, 1.807) is 14.2 Å². The van der Waals surface area contributed by atoms with E-state index in [-0.39, 0.29) is 5.91 Å². The van der Waals surface area contributed by atoms with E-state index in [4.69, 9.17) is 4.74 Å². The van der Waals surface area contributed by atoms with Crippen LogP contribution in [0.2, 0.25) is 0 Å². The molecular weight excluding hydrogens is 242 g/mol. The van der Waals surface area contributed by atoms with Crippen molar-refractivity contribution in [3.63, 3.8) is 0 Å². The summed E-state index contributed by atoms with van der Waals surface area (Å²) < 4.78 is 5.04. The summed E-state index contributed by atoms with van der Waals surface area (Å²) in [6, 6.07) is 0.621. The van der Waals surface area contributed by atoms with Gasteiger partial charge in [0.05, 0.1) is 6.61 Å². The SMILES string of the molecule is CNC(=O)CCCN1CCCCC1CNCCOC. The maximum absolute atomic E-state index is 11.2. The predicted octanol–water partition coefficient (Wildman–Crippen LogP) is 0.603. The van der Waals surface area contributed by atoms with Crippen LogP contribution in [0.15, 0.2) is 0 Å². The van der Waals surface area contributed by atoms with Crippen molar-refractivity contribution < 1.29 is 9.53 Å². The molecular formula is C14H29N3O2. The van der Waals surface area contributed by atoms with Crippen LogP contribution in [0.1, 0.15) is 32.1 Å². The molecule has 1 saturated heterocycles. The molecule has 5 nitrogen and oxygen atoms in total. The highest BCUT2D eigenvalue weighted by Crippen LogP contribution is 2.16. The number of amides is 1. The Balaban J connectivity index is 2.21. The smallest absolute Gasteiger partial charge is 0.219 e. The van der Waals surface area contributed by atoms with Crippen LogP contribution >= 0.6 is 0 Å². The van der Waals surface area contributed by atoms with Gasteiger partial charge in [-0.05, 0) is 32.4 Å². The van der Waals surface area contributed by atoms with Gasteiger partial charge >= 0.3 is 0 Å². The molecule has 1 heterocycles. The third kappa shape index (κ3) is 6.89. The quantitative estimate of drug-likeness (QED) is 0.603. The van der Waals surface area contributed by atoms with E-state index in [0.717, 1.165) is 32.7 Å². The molecule has 1 fully saturated rings. The Bertz CT molecular complexity index is 249. The normalized spacial score (nSPS) is 20.4. The Labute approximate surface area is 117 Å². The van der Waals surface area contributed by atoms with Gasteiger partial charge in [-0.1, -0.05) is 6.42 Å². The molecule has 1 rings (SSSR count). The lowest BCUT2D eigenvalue weighted by Gasteiger charge is -2.36. The van der Waals surface area contributed by atoms with Gasteiger partial charge in [-0.25, -0.2) is 0 Å². The summed E-state index contributed by atoms with van der Waals surface area (Å²) >= 11 is 0. The average Bonchev–Trinajstić information content (AvgIpc) is 2.44. The van der Waals surface area contributed by atoms with Crippen LogP contribution in [-0.2, 0) is 9.53 Å². The Morgan fingerprint density at radius 2 is 2.26 bits per heavy atom. The van der Waals surface area contributed by atoms with E-state index >= 15 is 0 Å². The van der Waals surface area contributed by atoms with Gasteiger partial charge in [0.2, 0.25) is 5.91 Å². The number of methoxy groups -OCH3 is 1. The van der Waals surface area contributed by atoms with Crippen molar-refractivity contribution in [2.24, 2.45) is 0 Å². The molecule has 1 unspecified atom stereocenters. The number of carbonyl (C=O) groups is 1. The second-order valence-corrected chi connectivity index (χ2v) is 5.16. The molecule has 0 radical (unpaired) electrons. The highest BCUT2D eigenvalue weighted by molar-refractivity contribution is 5.75. The number of rotatable bonds is 9. The summed E-state index contributed by atoms with van der Waals surface area (Å²) in [7, 11) is 3.43. The van der Waals surface area contributed by atoms with Crippen molar-refractivity contribution in [3.05, 3.63) is 0 Å². The maximum Gasteiger partial charge on any atom is 0.219 e. The van der Waals surface area contributed by atoms with Crippen LogP contribution in [0.5, 0.6) is 0 Å². The van der Waals surface area contributed by atoms with E-state index in [1.165, 1.54) is 25.8 Å². The number of nitrogens with zero attached hydrogens (tertiary/aromatic N) is 1. The Morgan fingerprint density at radius 1 is 1.42 bits per heavy atom. The Hall–Kier alpha value is -0.650. The van der Waals surface area contributed by atoms with Gasteiger partial charge in [0.1, 0.15) is 0 Å². The van der Waals surface area contributed by atoms with E-state index in [1.807, 2.05) is 0 Å². The first-order valence-corrected chi connectivity index (χ1v) is 7.42. The fraction of sp³-hybridized carbons (Fsp3) is 0.929. The predicted molar refractivity (Wildman–Crippen MR) is 77.3 cm³/mol. The van der Waals surface area contributed by atoms with Crippen molar-refractivity contribution in [2.45, 2.75) is 38.1 Å². The molecule has 0 aromatic rings. The zero-order valence-corrected chi connectivity index (χ0v) is 12.4. The topological polar surface area (TPSA) is 53.6 Å². The van der Waals surface area contributed by atoms with Gasteiger partial charge < -0.3 is 15.4 Å². The van der Waals surface area contributed by atoms with Gasteiger partial charge in [0.25, 0.3) is 0 Å². The van der Waals surface area contributed by atoms with Crippen LogP contribution in [0.3, 0.4) is 0 Å². The maximum atomic E-state index is 11.2. The molecule has 1 amide bonds. The van der Waals surface area contributed by atoms with Crippen molar-refractivity contribution in [1.29, 1.82) is 0 Å². The summed E-state index contributed by atoms with van der Waals surface area (Å²) in [5.74, 6) is 0.145. The third-order valence-electron chi connectivity index (χ3n) is 3.74. The van der Waals surface area contributed by atoms with Gasteiger partial charge in [-0.2, -0.15) is 0 Å². The van der Waals surface area contributed by atoms with Crippen LogP contribution in [0, 0.1) is 0 Å². The van der Waals surface area contributed by atoms with Gasteiger partial charge in [-0.3, -0.25) is 9.69 Å². The summed E-state index contributed by atoms with van der Waals surface area (Å²) in [6.45, 7) is 4.92. The molecule has 0 bridgehead atoms. The minimum Gasteiger partial charge on any atom is -0.383 e. The summed E-state index contributed by atoms with van der Waals surface area (Å²) in [4.78, 5) is 13.8. The Kier molecular flexibility index (Phi) is 8.79. The van der Waals surface area contributed by atoms with Crippen molar-refractivity contribution >= 4 is 5.91 Å². The molecule has 0 aliphatic carbocycles. The number of hydrogen-bond acceptors (Lipinski definition) is 4. The minimum absolute atomic E-state index is 0.145. The molecule has 0 spiro atoms. The average molecular weight is 271 g/mol. The number of likely N-dealkylation sites (tertiary alicyclic amines) is 1. The van der Waals surface area contributed by atoms with Crippen molar-refractivity contribution in [2.75, 3.05) is 46.9 Å². The molecule has 2 N–H and O–H groups in total. The van der Waals surface area contributed by atoms with E-state index in [0.29, 0.717) is 12.5 Å². The van der Waals surface area contributed by atoms with Crippen LogP contribution in [0.4, 0.5) is 0 Å². The zero-order valence-electron chi connectivity index (χ0n) is 12.4. The lowest BCUT2D eigenvalue weighted by atomic mass is 10.0. The Morgan fingerprint density at radius 3 is 3.00 bits per heavy atom. The number of hydrogen-bond donors (Lipinski definition) is 2. The van der Waals surface area contributed by atoms with Crippen molar-refractivity contribution in [3.8, 4) is 0 Å². The monoisotopic (exact) mass is 271 g/mol. The number of ether oxygens (including phenoxy) is 1. The fourth-order valence-corrected chi connectivity index (χ4v) is 2.60. The van der Waals surface area contributed by atoms with E-state index in [2.05, 4.69) is 15.5 Å². The second-order valence-electron chi connectivity index (χ2n) is 5.16. The molecule has 1 aliphatic heterocycles. The number of carbonyl (C=O) groups excluding carboxylic acids is 1. The number of piperidine rings is 1. The van der Waals surface area contributed by atoms with Crippen molar-refractivity contribution in [1.82, 2.24) is 15.5 Å². The van der Waals surface area contributed by atoms with Gasteiger partial charge in [-0.15, -0.1) is 0 Å². The molecule has 0 aromatic carbocycles. The molecule has 0 aromatic heterocycles. The highest BCUT2D eigenvalue weighted by Gasteiger charge is 2.21. The highest BCUT2D eigenvalue weighted by atomic mass is 16.5. The summed E-state index contributed by atoms with van der Waals surface area (Å²) in [5.41, 5.74) is 0. The zero-order chi connectivity index (χ0) is 13.9. The first-order valence-electron chi connectivity index (χ1n) is 7.42. The molecule has 112 valence electrons. The molecule has 1 atom stereocenters. The minimum atomic E-state index is 0.145. The largest absolute Gasteiger partial charge is 0.383 e. The first-order chi connectivity index (χ1) is 9.27. The molecule has 19 heavy (non-hydrogen) atoms. The van der Waals surface area contributed by atoms with E-state index < -0.39 is 0 Å². The van der Waals surface area contributed by atoms with E-state index in [9.17, 15) is 4.79 Å². The second kappa shape index (κ2) is 10.2. The number of nitrogens with one attached hydrogen (secondary N) is 2.